The van der Waals surface area contributed by atoms with Crippen LogP contribution in [0.25, 0.3) is 16.6 Å². The van der Waals surface area contributed by atoms with E-state index in [4.69, 9.17) is 4.84 Å². The highest BCUT2D eigenvalue weighted by Crippen LogP contribution is 2.28. The Balaban J connectivity index is 1.93. The van der Waals surface area contributed by atoms with Crippen LogP contribution in [-0.4, -0.2) is 37.0 Å². The number of oxime groups is 1. The molecular weight excluding hydrogens is 387 g/mol. The zero-order valence-corrected chi connectivity index (χ0v) is 15.7. The van der Waals surface area contributed by atoms with Crippen molar-refractivity contribution in [3.63, 3.8) is 0 Å². The largest absolute Gasteiger partial charge is 0.399 e. The number of rotatable bonds is 4. The van der Waals surface area contributed by atoms with Crippen molar-refractivity contribution in [2.45, 2.75) is 6.54 Å². The van der Waals surface area contributed by atoms with Crippen LogP contribution in [0.4, 0.5) is 4.39 Å². The molecule has 1 aliphatic heterocycles. The Labute approximate surface area is 159 Å². The number of benzene rings is 2. The summed E-state index contributed by atoms with van der Waals surface area (Å²) in [5.74, 6) is -0.240. The molecule has 8 nitrogen and oxygen atoms in total. The third kappa shape index (κ3) is 3.06. The average Bonchev–Trinajstić information content (AvgIpc) is 2.93. The van der Waals surface area contributed by atoms with E-state index in [1.165, 1.54) is 29.9 Å². The molecule has 0 unspecified atom stereocenters. The van der Waals surface area contributed by atoms with Crippen LogP contribution >= 0.6 is 0 Å². The lowest BCUT2D eigenvalue weighted by atomic mass is 10.1. The molecule has 2 aromatic carbocycles. The quantitative estimate of drug-likeness (QED) is 0.518. The molecule has 0 amide bonds. The molecule has 0 saturated carbocycles. The number of hydrogen-bond donors (Lipinski definition) is 1. The Morgan fingerprint density at radius 3 is 2.75 bits per heavy atom. The van der Waals surface area contributed by atoms with E-state index in [-0.39, 0.29) is 23.6 Å². The number of hydrogen-bond acceptors (Lipinski definition) is 6. The maximum atomic E-state index is 13.8. The van der Waals surface area contributed by atoms with Gasteiger partial charge in [-0.05, 0) is 35.9 Å². The van der Waals surface area contributed by atoms with Crippen molar-refractivity contribution in [1.29, 1.82) is 0 Å². The van der Waals surface area contributed by atoms with E-state index in [9.17, 15) is 17.6 Å². The standard InChI is InChI=1S/C18H15FN4O4S/c1-27-22-16-13-8-11(19)4-6-15(13)23-17(16)21-14-7-10(9-20-28(2,25)26)3-5-12(14)18(23)24/h3-8,20H,9H2,1-2H3. The monoisotopic (exact) mass is 402 g/mol. The molecule has 0 radical (unpaired) electrons. The molecule has 3 aromatic rings. The van der Waals surface area contributed by atoms with Gasteiger partial charge in [-0.25, -0.2) is 22.5 Å². The fourth-order valence-corrected chi connectivity index (χ4v) is 3.56. The number of halogens is 1. The van der Waals surface area contributed by atoms with Crippen molar-refractivity contribution in [2.75, 3.05) is 13.4 Å². The smallest absolute Gasteiger partial charge is 0.266 e. The first kappa shape index (κ1) is 18.3. The molecule has 10 heteroatoms. The summed E-state index contributed by atoms with van der Waals surface area (Å²) < 4.78 is 40.1. The second-order valence-corrected chi connectivity index (χ2v) is 8.14. The molecule has 144 valence electrons. The highest BCUT2D eigenvalue weighted by molar-refractivity contribution is 7.88. The molecule has 1 N–H and O–H groups in total. The third-order valence-electron chi connectivity index (χ3n) is 4.32. The van der Waals surface area contributed by atoms with E-state index in [2.05, 4.69) is 14.9 Å². The molecule has 0 aliphatic carbocycles. The molecule has 0 fully saturated rings. The van der Waals surface area contributed by atoms with Gasteiger partial charge in [0.15, 0.2) is 11.5 Å². The number of sulfonamides is 1. The van der Waals surface area contributed by atoms with Crippen molar-refractivity contribution in [2.24, 2.45) is 5.16 Å². The highest BCUT2D eigenvalue weighted by atomic mass is 32.2. The average molecular weight is 402 g/mol. The van der Waals surface area contributed by atoms with Crippen molar-refractivity contribution < 1.29 is 17.6 Å². The second-order valence-electron chi connectivity index (χ2n) is 6.30. The zero-order valence-electron chi connectivity index (χ0n) is 14.9. The van der Waals surface area contributed by atoms with Gasteiger partial charge in [-0.2, -0.15) is 0 Å². The Hall–Kier alpha value is -3.11. The van der Waals surface area contributed by atoms with Gasteiger partial charge in [0.1, 0.15) is 12.9 Å². The minimum absolute atomic E-state index is 0.0688. The molecule has 0 atom stereocenters. The van der Waals surface area contributed by atoms with Gasteiger partial charge in [-0.3, -0.25) is 9.36 Å². The molecule has 0 spiro atoms. The lowest BCUT2D eigenvalue weighted by Gasteiger charge is -2.08. The Bertz CT molecular complexity index is 1320. The number of fused-ring (bicyclic) bond motifs is 4. The first-order valence-corrected chi connectivity index (χ1v) is 10.1. The van der Waals surface area contributed by atoms with Crippen LogP contribution in [0.1, 0.15) is 17.0 Å². The zero-order chi connectivity index (χ0) is 20.1. The Kier molecular flexibility index (Phi) is 4.24. The summed E-state index contributed by atoms with van der Waals surface area (Å²) in [6.45, 7) is 0.0688. The van der Waals surface area contributed by atoms with Gasteiger partial charge in [0.25, 0.3) is 5.56 Å². The second kappa shape index (κ2) is 6.50. The molecule has 4 rings (SSSR count). The Morgan fingerprint density at radius 1 is 1.25 bits per heavy atom. The van der Waals surface area contributed by atoms with Crippen LogP contribution in [0.2, 0.25) is 0 Å². The SMILES string of the molecule is CON=C1c2cc(F)ccc2-n2c1nc1cc(CNS(C)(=O)=O)ccc1c2=O. The molecule has 28 heavy (non-hydrogen) atoms. The summed E-state index contributed by atoms with van der Waals surface area (Å²) >= 11 is 0. The molecule has 2 heterocycles. The molecule has 0 bridgehead atoms. The van der Waals surface area contributed by atoms with Gasteiger partial charge in [-0.1, -0.05) is 11.2 Å². The van der Waals surface area contributed by atoms with Crippen LogP contribution in [0.15, 0.2) is 46.3 Å². The van der Waals surface area contributed by atoms with Crippen LogP contribution < -0.4 is 10.3 Å². The van der Waals surface area contributed by atoms with Crippen LogP contribution in [0.5, 0.6) is 0 Å². The predicted molar refractivity (Wildman–Crippen MR) is 102 cm³/mol. The Morgan fingerprint density at radius 2 is 2.04 bits per heavy atom. The van der Waals surface area contributed by atoms with Gasteiger partial charge < -0.3 is 4.84 Å². The normalized spacial score (nSPS) is 14.3. The lowest BCUT2D eigenvalue weighted by Crippen LogP contribution is -2.23. The summed E-state index contributed by atoms with van der Waals surface area (Å²) in [4.78, 5) is 22.5. The number of nitrogens with one attached hydrogen (secondary N) is 1. The van der Waals surface area contributed by atoms with Crippen molar-refractivity contribution >= 4 is 26.6 Å². The van der Waals surface area contributed by atoms with Gasteiger partial charge in [0, 0.05) is 12.1 Å². The topological polar surface area (TPSA) is 103 Å². The molecular formula is C18H15FN4O4S. The van der Waals surface area contributed by atoms with Crippen molar-refractivity contribution in [1.82, 2.24) is 14.3 Å². The first-order chi connectivity index (χ1) is 13.3. The van der Waals surface area contributed by atoms with Crippen molar-refractivity contribution in [3.05, 3.63) is 69.5 Å². The summed E-state index contributed by atoms with van der Waals surface area (Å²) in [6.07, 6.45) is 1.06. The molecule has 1 aliphatic rings. The van der Waals surface area contributed by atoms with Crippen LogP contribution in [0.3, 0.4) is 0 Å². The van der Waals surface area contributed by atoms with E-state index in [0.29, 0.717) is 27.7 Å². The summed E-state index contributed by atoms with van der Waals surface area (Å²) in [5.41, 5.74) is 1.80. The van der Waals surface area contributed by atoms with Crippen LogP contribution in [0, 0.1) is 5.82 Å². The minimum Gasteiger partial charge on any atom is -0.399 e. The highest BCUT2D eigenvalue weighted by Gasteiger charge is 2.30. The molecule has 0 saturated heterocycles. The van der Waals surface area contributed by atoms with Crippen molar-refractivity contribution in [3.8, 4) is 5.69 Å². The summed E-state index contributed by atoms with van der Waals surface area (Å²) in [7, 11) is -2.01. The van der Waals surface area contributed by atoms with E-state index in [1.54, 1.807) is 18.2 Å². The van der Waals surface area contributed by atoms with Crippen LogP contribution in [-0.2, 0) is 21.4 Å². The summed E-state index contributed by atoms with van der Waals surface area (Å²) in [6, 6.07) is 8.89. The fraction of sp³-hybridized carbons (Fsp3) is 0.167. The van der Waals surface area contributed by atoms with E-state index in [1.807, 2.05) is 0 Å². The maximum absolute atomic E-state index is 13.8. The minimum atomic E-state index is -3.36. The lowest BCUT2D eigenvalue weighted by molar-refractivity contribution is 0.214. The van der Waals surface area contributed by atoms with E-state index < -0.39 is 15.8 Å². The fourth-order valence-electron chi connectivity index (χ4n) is 3.13. The third-order valence-corrected chi connectivity index (χ3v) is 4.99. The molecule has 1 aromatic heterocycles. The van der Waals surface area contributed by atoms with E-state index >= 15 is 0 Å². The van der Waals surface area contributed by atoms with Gasteiger partial charge in [-0.15, -0.1) is 0 Å². The van der Waals surface area contributed by atoms with Gasteiger partial charge in [0.2, 0.25) is 10.0 Å². The van der Waals surface area contributed by atoms with Gasteiger partial charge >= 0.3 is 0 Å². The predicted octanol–water partition coefficient (Wildman–Crippen LogP) is 1.29. The van der Waals surface area contributed by atoms with Gasteiger partial charge in [0.05, 0.1) is 22.8 Å². The first-order valence-electron chi connectivity index (χ1n) is 8.20. The summed E-state index contributed by atoms with van der Waals surface area (Å²) in [5, 5.41) is 4.27. The number of nitrogens with zero attached hydrogens (tertiary/aromatic N) is 3. The van der Waals surface area contributed by atoms with E-state index in [0.717, 1.165) is 6.26 Å². The maximum Gasteiger partial charge on any atom is 0.266 e. The number of aromatic nitrogens is 2.